The van der Waals surface area contributed by atoms with Gasteiger partial charge in [-0.1, -0.05) is 6.92 Å². The van der Waals surface area contributed by atoms with Gasteiger partial charge in [0.15, 0.2) is 0 Å². The number of halogens is 1. The van der Waals surface area contributed by atoms with Crippen molar-refractivity contribution in [2.24, 2.45) is 11.7 Å². The summed E-state index contributed by atoms with van der Waals surface area (Å²) in [7, 11) is 0. The van der Waals surface area contributed by atoms with Crippen LogP contribution in [-0.4, -0.2) is 19.1 Å². The van der Waals surface area contributed by atoms with Crippen LogP contribution in [0.15, 0.2) is 18.2 Å². The van der Waals surface area contributed by atoms with Gasteiger partial charge in [-0.15, -0.1) is 0 Å². The highest BCUT2D eigenvalue weighted by atomic mass is 19.1. The van der Waals surface area contributed by atoms with E-state index in [1.807, 2.05) is 0 Å². The molecule has 0 spiro atoms. The van der Waals surface area contributed by atoms with E-state index in [0.29, 0.717) is 18.5 Å². The zero-order valence-corrected chi connectivity index (χ0v) is 11.3. The van der Waals surface area contributed by atoms with Crippen LogP contribution in [0.1, 0.15) is 32.3 Å². The van der Waals surface area contributed by atoms with E-state index >= 15 is 0 Å². The van der Waals surface area contributed by atoms with Crippen LogP contribution in [0.2, 0.25) is 0 Å². The third-order valence-corrected chi connectivity index (χ3v) is 4.08. The number of benzene rings is 1. The minimum atomic E-state index is -0.152. The van der Waals surface area contributed by atoms with Gasteiger partial charge < -0.3 is 10.6 Å². The van der Waals surface area contributed by atoms with Crippen LogP contribution < -0.4 is 10.6 Å². The smallest absolute Gasteiger partial charge is 0.125 e. The number of hydrogen-bond acceptors (Lipinski definition) is 2. The van der Waals surface area contributed by atoms with Crippen molar-refractivity contribution in [2.75, 3.05) is 18.0 Å². The molecule has 0 radical (unpaired) electrons. The topological polar surface area (TPSA) is 29.3 Å². The van der Waals surface area contributed by atoms with E-state index in [4.69, 9.17) is 5.73 Å². The average Bonchev–Trinajstić information content (AvgIpc) is 2.32. The van der Waals surface area contributed by atoms with Gasteiger partial charge in [0.1, 0.15) is 5.82 Å². The summed E-state index contributed by atoms with van der Waals surface area (Å²) in [4.78, 5) is 2.33. The summed E-state index contributed by atoms with van der Waals surface area (Å²) in [5, 5.41) is 0. The second-order valence-electron chi connectivity index (χ2n) is 5.41. The van der Waals surface area contributed by atoms with Crippen LogP contribution in [0, 0.1) is 11.7 Å². The molecule has 2 unspecified atom stereocenters. The van der Waals surface area contributed by atoms with Crippen molar-refractivity contribution >= 4 is 5.69 Å². The van der Waals surface area contributed by atoms with E-state index in [0.717, 1.165) is 24.2 Å². The number of nitrogens with two attached hydrogens (primary N) is 1. The zero-order valence-electron chi connectivity index (χ0n) is 11.3. The summed E-state index contributed by atoms with van der Waals surface area (Å²) in [5.74, 6) is 0.515. The molecule has 1 aromatic rings. The predicted molar refractivity (Wildman–Crippen MR) is 74.4 cm³/mol. The largest absolute Gasteiger partial charge is 0.368 e. The fourth-order valence-electron chi connectivity index (χ4n) is 2.81. The van der Waals surface area contributed by atoms with Gasteiger partial charge in [0, 0.05) is 18.3 Å². The van der Waals surface area contributed by atoms with E-state index < -0.39 is 0 Å². The molecule has 0 aromatic heterocycles. The first-order valence-corrected chi connectivity index (χ1v) is 6.88. The first-order chi connectivity index (χ1) is 8.61. The summed E-state index contributed by atoms with van der Waals surface area (Å²) in [6.45, 7) is 6.10. The molecule has 0 bridgehead atoms. The Hall–Kier alpha value is -1.09. The van der Waals surface area contributed by atoms with Crippen LogP contribution in [0.4, 0.5) is 10.1 Å². The highest BCUT2D eigenvalue weighted by molar-refractivity contribution is 5.50. The van der Waals surface area contributed by atoms with Gasteiger partial charge in [0.05, 0.1) is 0 Å². The molecule has 1 aliphatic rings. The Balaban J connectivity index is 2.26. The van der Waals surface area contributed by atoms with Crippen LogP contribution in [0.25, 0.3) is 0 Å². The highest BCUT2D eigenvalue weighted by Gasteiger charge is 2.25. The Morgan fingerprint density at radius 2 is 2.11 bits per heavy atom. The van der Waals surface area contributed by atoms with Crippen molar-refractivity contribution in [3.05, 3.63) is 29.6 Å². The Morgan fingerprint density at radius 3 is 2.83 bits per heavy atom. The predicted octanol–water partition coefficient (Wildman–Crippen LogP) is 2.95. The van der Waals surface area contributed by atoms with Crippen molar-refractivity contribution < 1.29 is 4.39 Å². The molecule has 0 aliphatic carbocycles. The molecule has 1 aromatic carbocycles. The van der Waals surface area contributed by atoms with Crippen LogP contribution in [0.3, 0.4) is 0 Å². The van der Waals surface area contributed by atoms with E-state index in [1.165, 1.54) is 12.8 Å². The Bertz CT molecular complexity index is 405. The molecule has 1 aliphatic heterocycles. The number of rotatable bonds is 3. The van der Waals surface area contributed by atoms with Gasteiger partial charge in [-0.3, -0.25) is 0 Å². The lowest BCUT2D eigenvalue weighted by atomic mass is 9.91. The van der Waals surface area contributed by atoms with Gasteiger partial charge in [0.2, 0.25) is 0 Å². The maximum absolute atomic E-state index is 13.7. The molecule has 2 nitrogen and oxygen atoms in total. The molecule has 2 atom stereocenters. The monoisotopic (exact) mass is 250 g/mol. The lowest BCUT2D eigenvalue weighted by molar-refractivity contribution is 0.363. The first kappa shape index (κ1) is 13.3. The van der Waals surface area contributed by atoms with E-state index in [-0.39, 0.29) is 5.82 Å². The molecule has 1 saturated heterocycles. The number of hydrogen-bond donors (Lipinski definition) is 1. The zero-order chi connectivity index (χ0) is 13.1. The van der Waals surface area contributed by atoms with Crippen molar-refractivity contribution in [1.82, 2.24) is 0 Å². The molecular formula is C15H23FN2. The molecule has 1 fully saturated rings. The SMILES string of the molecule is CC1CCCN(c2cc(F)cc(CCN)c2)C1C. The lowest BCUT2D eigenvalue weighted by Gasteiger charge is -2.39. The second kappa shape index (κ2) is 5.70. The third-order valence-electron chi connectivity index (χ3n) is 4.08. The maximum Gasteiger partial charge on any atom is 0.125 e. The highest BCUT2D eigenvalue weighted by Crippen LogP contribution is 2.29. The summed E-state index contributed by atoms with van der Waals surface area (Å²) in [6.07, 6.45) is 3.19. The molecule has 0 amide bonds. The summed E-state index contributed by atoms with van der Waals surface area (Å²) in [6, 6.07) is 5.80. The van der Waals surface area contributed by atoms with Crippen LogP contribution in [0.5, 0.6) is 0 Å². The number of anilines is 1. The first-order valence-electron chi connectivity index (χ1n) is 6.88. The van der Waals surface area contributed by atoms with E-state index in [9.17, 15) is 4.39 Å². The Kier molecular flexibility index (Phi) is 4.23. The van der Waals surface area contributed by atoms with Crippen molar-refractivity contribution in [3.8, 4) is 0 Å². The van der Waals surface area contributed by atoms with Gasteiger partial charge in [0.25, 0.3) is 0 Å². The van der Waals surface area contributed by atoms with Gasteiger partial charge in [-0.2, -0.15) is 0 Å². The minimum absolute atomic E-state index is 0.152. The summed E-state index contributed by atoms with van der Waals surface area (Å²) >= 11 is 0. The standard InChI is InChI=1S/C15H23FN2/c1-11-4-3-7-18(12(11)2)15-9-13(5-6-17)8-14(16)10-15/h8-12H,3-7,17H2,1-2H3. The fraction of sp³-hybridized carbons (Fsp3) is 0.600. The van der Waals surface area contributed by atoms with E-state index in [2.05, 4.69) is 24.8 Å². The average molecular weight is 250 g/mol. The molecule has 2 rings (SSSR count). The molecule has 18 heavy (non-hydrogen) atoms. The molecule has 100 valence electrons. The van der Waals surface area contributed by atoms with Gasteiger partial charge in [-0.05, 0) is 62.4 Å². The second-order valence-corrected chi connectivity index (χ2v) is 5.41. The maximum atomic E-state index is 13.7. The molecular weight excluding hydrogens is 227 g/mol. The number of nitrogens with zero attached hydrogens (tertiary/aromatic N) is 1. The summed E-state index contributed by atoms with van der Waals surface area (Å²) in [5.41, 5.74) is 7.56. The molecule has 0 saturated carbocycles. The molecule has 2 N–H and O–H groups in total. The number of piperidine rings is 1. The third kappa shape index (κ3) is 2.83. The van der Waals surface area contributed by atoms with Gasteiger partial charge in [-0.25, -0.2) is 4.39 Å². The van der Waals surface area contributed by atoms with Crippen molar-refractivity contribution in [3.63, 3.8) is 0 Å². The lowest BCUT2D eigenvalue weighted by Crippen LogP contribution is -2.42. The molecule has 3 heteroatoms. The van der Waals surface area contributed by atoms with Crippen molar-refractivity contribution in [1.29, 1.82) is 0 Å². The Morgan fingerprint density at radius 1 is 1.33 bits per heavy atom. The molecule has 1 heterocycles. The summed E-state index contributed by atoms with van der Waals surface area (Å²) < 4.78 is 13.7. The van der Waals surface area contributed by atoms with Crippen molar-refractivity contribution in [2.45, 2.75) is 39.2 Å². The minimum Gasteiger partial charge on any atom is -0.368 e. The fourth-order valence-corrected chi connectivity index (χ4v) is 2.81. The van der Waals surface area contributed by atoms with Crippen LogP contribution >= 0.6 is 0 Å². The Labute approximate surface area is 109 Å². The van der Waals surface area contributed by atoms with Gasteiger partial charge >= 0.3 is 0 Å². The van der Waals surface area contributed by atoms with Crippen LogP contribution in [-0.2, 0) is 6.42 Å². The normalized spacial score (nSPS) is 24.3. The quantitative estimate of drug-likeness (QED) is 0.893. The van der Waals surface area contributed by atoms with E-state index in [1.54, 1.807) is 12.1 Å².